The Bertz CT molecular complexity index is 706. The van der Waals surface area contributed by atoms with Crippen molar-refractivity contribution in [2.45, 2.75) is 18.6 Å². The number of hydrogen-bond acceptors (Lipinski definition) is 3. The molecule has 0 radical (unpaired) electrons. The number of likely N-dealkylation sites (tertiary alicyclic amines) is 1. The number of para-hydroxylation sites is 1. The molecule has 4 rings (SSSR count). The largest absolute Gasteiger partial charge is 0.350 e. The molecule has 0 atom stereocenters. The highest BCUT2D eigenvalue weighted by molar-refractivity contribution is 6.06. The number of ether oxygens (including phenoxy) is 2. The summed E-state index contributed by atoms with van der Waals surface area (Å²) < 4.78 is 13.5. The molecule has 0 bridgehead atoms. The fourth-order valence-corrected chi connectivity index (χ4v) is 3.54. The predicted molar refractivity (Wildman–Crippen MR) is 82.7 cm³/mol. The fraction of sp³-hybridized carbons (Fsp3) is 0.471. The van der Waals surface area contributed by atoms with Gasteiger partial charge in [-0.15, -0.1) is 0 Å². The van der Waals surface area contributed by atoms with Gasteiger partial charge in [0.2, 0.25) is 0 Å². The summed E-state index contributed by atoms with van der Waals surface area (Å²) in [6.07, 6.45) is 3.50. The number of carbonyl (C=O) groups excluding carboxylic acids is 1. The molecule has 0 N–H and O–H groups in total. The fourth-order valence-electron chi connectivity index (χ4n) is 3.54. The highest BCUT2D eigenvalue weighted by atomic mass is 16.7. The molecule has 116 valence electrons. The Hall–Kier alpha value is -1.85. The molecule has 2 fully saturated rings. The number of nitrogens with zero attached hydrogens (tertiary/aromatic N) is 2. The lowest BCUT2D eigenvalue weighted by atomic mass is 10.0. The number of aromatic nitrogens is 1. The zero-order chi connectivity index (χ0) is 15.2. The summed E-state index contributed by atoms with van der Waals surface area (Å²) in [4.78, 5) is 14.8. The van der Waals surface area contributed by atoms with Gasteiger partial charge in [0.05, 0.1) is 24.3 Å². The lowest BCUT2D eigenvalue weighted by molar-refractivity contribution is -0.181. The third-order valence-corrected chi connectivity index (χ3v) is 4.75. The molecule has 2 aliphatic heterocycles. The Morgan fingerprint density at radius 3 is 2.59 bits per heavy atom. The van der Waals surface area contributed by atoms with Gasteiger partial charge in [0.15, 0.2) is 5.79 Å². The Balaban J connectivity index is 1.58. The van der Waals surface area contributed by atoms with E-state index in [0.29, 0.717) is 26.3 Å². The van der Waals surface area contributed by atoms with Crippen molar-refractivity contribution in [3.63, 3.8) is 0 Å². The topological polar surface area (TPSA) is 43.7 Å². The smallest absolute Gasteiger partial charge is 0.255 e. The van der Waals surface area contributed by atoms with E-state index in [-0.39, 0.29) is 5.91 Å². The van der Waals surface area contributed by atoms with Crippen LogP contribution in [0.2, 0.25) is 0 Å². The van der Waals surface area contributed by atoms with E-state index in [1.165, 1.54) is 0 Å². The maximum atomic E-state index is 12.9. The second kappa shape index (κ2) is 5.11. The number of hydrogen-bond donors (Lipinski definition) is 0. The van der Waals surface area contributed by atoms with Crippen LogP contribution in [0.15, 0.2) is 30.5 Å². The molecule has 2 aromatic rings. The van der Waals surface area contributed by atoms with E-state index < -0.39 is 5.79 Å². The van der Waals surface area contributed by atoms with Crippen LogP contribution in [-0.2, 0) is 16.5 Å². The first-order valence-corrected chi connectivity index (χ1v) is 7.80. The number of rotatable bonds is 1. The van der Waals surface area contributed by atoms with Crippen molar-refractivity contribution in [1.82, 2.24) is 9.47 Å². The molecular weight excluding hydrogens is 280 g/mol. The first kappa shape index (κ1) is 13.8. The molecule has 1 amide bonds. The van der Waals surface area contributed by atoms with Gasteiger partial charge in [0.25, 0.3) is 5.91 Å². The number of carbonyl (C=O) groups is 1. The van der Waals surface area contributed by atoms with E-state index in [1.54, 1.807) is 0 Å². The molecule has 0 unspecified atom stereocenters. The van der Waals surface area contributed by atoms with Crippen LogP contribution in [0.5, 0.6) is 0 Å². The van der Waals surface area contributed by atoms with Gasteiger partial charge < -0.3 is 18.9 Å². The average molecular weight is 300 g/mol. The van der Waals surface area contributed by atoms with E-state index >= 15 is 0 Å². The van der Waals surface area contributed by atoms with Crippen molar-refractivity contribution in [3.8, 4) is 0 Å². The van der Waals surface area contributed by atoms with Crippen molar-refractivity contribution in [1.29, 1.82) is 0 Å². The minimum Gasteiger partial charge on any atom is -0.350 e. The Labute approximate surface area is 129 Å². The lowest BCUT2D eigenvalue weighted by Crippen LogP contribution is -2.47. The zero-order valence-corrected chi connectivity index (χ0v) is 12.7. The van der Waals surface area contributed by atoms with Crippen LogP contribution in [0.1, 0.15) is 23.2 Å². The minimum atomic E-state index is -0.437. The molecule has 5 nitrogen and oxygen atoms in total. The molecule has 2 saturated heterocycles. The molecular formula is C17H20N2O3. The molecule has 5 heteroatoms. The highest BCUT2D eigenvalue weighted by Gasteiger charge is 2.41. The van der Waals surface area contributed by atoms with Crippen LogP contribution in [0.4, 0.5) is 0 Å². The first-order valence-electron chi connectivity index (χ1n) is 7.80. The monoisotopic (exact) mass is 300 g/mol. The van der Waals surface area contributed by atoms with E-state index in [2.05, 4.69) is 0 Å². The summed E-state index contributed by atoms with van der Waals surface area (Å²) in [5, 5.41) is 1.10. The van der Waals surface area contributed by atoms with Gasteiger partial charge in [-0.3, -0.25) is 4.79 Å². The van der Waals surface area contributed by atoms with Crippen molar-refractivity contribution in [2.75, 3.05) is 26.3 Å². The van der Waals surface area contributed by atoms with Gasteiger partial charge in [-0.25, -0.2) is 0 Å². The third kappa shape index (κ3) is 2.12. The molecule has 1 aromatic heterocycles. The van der Waals surface area contributed by atoms with Crippen LogP contribution >= 0.6 is 0 Å². The van der Waals surface area contributed by atoms with Gasteiger partial charge in [-0.2, -0.15) is 0 Å². The van der Waals surface area contributed by atoms with E-state index in [9.17, 15) is 4.79 Å². The van der Waals surface area contributed by atoms with Crippen molar-refractivity contribution < 1.29 is 14.3 Å². The van der Waals surface area contributed by atoms with E-state index in [4.69, 9.17) is 9.47 Å². The molecule has 1 spiro atoms. The summed E-state index contributed by atoms with van der Waals surface area (Å²) in [7, 11) is 1.98. The molecule has 1 aromatic carbocycles. The summed E-state index contributed by atoms with van der Waals surface area (Å²) in [5.41, 5.74) is 1.77. The van der Waals surface area contributed by atoms with Crippen molar-refractivity contribution in [2.24, 2.45) is 7.05 Å². The number of benzene rings is 1. The van der Waals surface area contributed by atoms with Gasteiger partial charge >= 0.3 is 0 Å². The van der Waals surface area contributed by atoms with Crippen LogP contribution in [0, 0.1) is 0 Å². The summed E-state index contributed by atoms with van der Waals surface area (Å²) in [6, 6.07) is 7.94. The summed E-state index contributed by atoms with van der Waals surface area (Å²) in [5.74, 6) is -0.339. The Morgan fingerprint density at radius 2 is 1.86 bits per heavy atom. The number of amides is 1. The van der Waals surface area contributed by atoms with Gasteiger partial charge in [-0.1, -0.05) is 12.1 Å². The normalized spacial score (nSPS) is 20.9. The van der Waals surface area contributed by atoms with Crippen molar-refractivity contribution >= 4 is 16.8 Å². The maximum absolute atomic E-state index is 12.9. The highest BCUT2D eigenvalue weighted by Crippen LogP contribution is 2.32. The van der Waals surface area contributed by atoms with E-state index in [0.717, 1.165) is 29.3 Å². The minimum absolute atomic E-state index is 0.0975. The zero-order valence-electron chi connectivity index (χ0n) is 12.7. The quantitative estimate of drug-likeness (QED) is 0.810. The summed E-state index contributed by atoms with van der Waals surface area (Å²) >= 11 is 0. The van der Waals surface area contributed by atoms with Gasteiger partial charge in [0, 0.05) is 44.6 Å². The first-order chi connectivity index (χ1) is 10.7. The number of piperidine rings is 1. The van der Waals surface area contributed by atoms with Crippen molar-refractivity contribution in [3.05, 3.63) is 36.0 Å². The van der Waals surface area contributed by atoms with Crippen LogP contribution < -0.4 is 0 Å². The summed E-state index contributed by atoms with van der Waals surface area (Å²) in [6.45, 7) is 2.69. The average Bonchev–Trinajstić information content (AvgIpc) is 3.15. The van der Waals surface area contributed by atoms with Crippen LogP contribution in [0.3, 0.4) is 0 Å². The molecule has 0 saturated carbocycles. The molecule has 22 heavy (non-hydrogen) atoms. The third-order valence-electron chi connectivity index (χ3n) is 4.75. The Kier molecular flexibility index (Phi) is 3.20. The lowest BCUT2D eigenvalue weighted by Gasteiger charge is -2.37. The Morgan fingerprint density at radius 1 is 1.14 bits per heavy atom. The maximum Gasteiger partial charge on any atom is 0.255 e. The second-order valence-electron chi connectivity index (χ2n) is 6.07. The predicted octanol–water partition coefficient (Wildman–Crippen LogP) is 2.16. The second-order valence-corrected chi connectivity index (χ2v) is 6.07. The van der Waals surface area contributed by atoms with Gasteiger partial charge in [0.1, 0.15) is 0 Å². The van der Waals surface area contributed by atoms with Gasteiger partial charge in [-0.05, 0) is 12.1 Å². The molecule has 2 aliphatic rings. The molecule has 0 aliphatic carbocycles. The van der Waals surface area contributed by atoms with Crippen LogP contribution in [0.25, 0.3) is 10.9 Å². The SMILES string of the molecule is Cn1ccc2cccc(C(=O)N3CCC4(CC3)OCCO4)c21. The molecule has 3 heterocycles. The number of fused-ring (bicyclic) bond motifs is 1. The number of aryl methyl sites for hydroxylation is 1. The standard InChI is InChI=1S/C17H20N2O3/c1-18-8-5-13-3-2-4-14(15(13)18)16(20)19-9-6-17(7-10-19)21-11-12-22-17/h2-5,8H,6-7,9-12H2,1H3. The van der Waals surface area contributed by atoms with Crippen LogP contribution in [-0.4, -0.2) is 47.5 Å². The van der Waals surface area contributed by atoms with E-state index in [1.807, 2.05) is 47.0 Å².